The molecule has 0 bridgehead atoms. The number of likely N-dealkylation sites (tertiary alicyclic amines) is 1. The Morgan fingerprint density at radius 2 is 2.09 bits per heavy atom. The summed E-state index contributed by atoms with van der Waals surface area (Å²) >= 11 is 6.44. The van der Waals surface area contributed by atoms with Crippen molar-refractivity contribution in [2.45, 2.75) is 25.3 Å². The molecule has 9 heteroatoms. The van der Waals surface area contributed by atoms with Gasteiger partial charge in [0.1, 0.15) is 19.4 Å². The first-order chi connectivity index (χ1) is 16.1. The predicted octanol–water partition coefficient (Wildman–Crippen LogP) is 2.57. The van der Waals surface area contributed by atoms with E-state index in [0.29, 0.717) is 24.7 Å². The fraction of sp³-hybridized carbons (Fsp3) is 0.292. The van der Waals surface area contributed by atoms with Crippen LogP contribution < -0.4 is 10.8 Å². The number of carbonyl (C=O) groups excluding carboxylic acids is 1. The van der Waals surface area contributed by atoms with Crippen LogP contribution in [-0.4, -0.2) is 59.0 Å². The third-order valence-corrected chi connectivity index (χ3v) is 6.41. The molecule has 0 saturated carbocycles. The molecule has 1 amide bonds. The van der Waals surface area contributed by atoms with Crippen LogP contribution in [0.15, 0.2) is 60.5 Å². The van der Waals surface area contributed by atoms with E-state index >= 15 is 0 Å². The minimum Gasteiger partial charge on any atom is -0.494 e. The summed E-state index contributed by atoms with van der Waals surface area (Å²) in [5.74, 6) is 1.68. The van der Waals surface area contributed by atoms with Crippen LogP contribution in [0.2, 0.25) is 5.02 Å². The Kier molecular flexibility index (Phi) is 6.09. The van der Waals surface area contributed by atoms with Gasteiger partial charge < -0.3 is 15.0 Å². The highest BCUT2D eigenvalue weighted by atomic mass is 35.5. The van der Waals surface area contributed by atoms with Crippen molar-refractivity contribution in [2.75, 3.05) is 25.0 Å². The van der Waals surface area contributed by atoms with Gasteiger partial charge in [0, 0.05) is 54.5 Å². The lowest BCUT2D eigenvalue weighted by Gasteiger charge is -2.32. The molecule has 0 atom stereocenters. The third kappa shape index (κ3) is 4.62. The molecular weight excluding hydrogens is 437 g/mol. The number of piperidine rings is 1. The summed E-state index contributed by atoms with van der Waals surface area (Å²) in [6.07, 6.45) is 9.81. The first-order valence-corrected chi connectivity index (χ1v) is 11.6. The van der Waals surface area contributed by atoms with Crippen molar-refractivity contribution in [3.63, 3.8) is 0 Å². The lowest BCUT2D eigenvalue weighted by Crippen LogP contribution is -2.42. The van der Waals surface area contributed by atoms with Crippen LogP contribution in [0.25, 0.3) is 16.9 Å². The van der Waals surface area contributed by atoms with E-state index in [1.54, 1.807) is 12.2 Å². The number of ether oxygens (including phenoxy) is 1. The normalized spacial score (nSPS) is 16.9. The number of nitrogens with one attached hydrogen (secondary N) is 1. The molecule has 1 N–H and O–H groups in total. The molecule has 1 aromatic carbocycles. The SMILES string of the molecule is Bc1cnn2c(NC3CCN(C(=O)/C=C/C4=CCCO4)CC3)cc(-c3ccccc3Cl)nc12. The van der Waals surface area contributed by atoms with Crippen LogP contribution in [0.5, 0.6) is 0 Å². The molecule has 33 heavy (non-hydrogen) atoms. The maximum atomic E-state index is 12.5. The second-order valence-electron chi connectivity index (χ2n) is 8.39. The Labute approximate surface area is 198 Å². The molecular formula is C24H25BClN5O2. The minimum atomic E-state index is 0.0276. The van der Waals surface area contributed by atoms with Gasteiger partial charge in [0.25, 0.3) is 0 Å². The van der Waals surface area contributed by atoms with Crippen molar-refractivity contribution >= 4 is 42.3 Å². The van der Waals surface area contributed by atoms with Crippen molar-refractivity contribution in [1.82, 2.24) is 19.5 Å². The zero-order chi connectivity index (χ0) is 22.8. The molecule has 5 rings (SSSR count). The van der Waals surface area contributed by atoms with Crippen LogP contribution in [0, 0.1) is 0 Å². The van der Waals surface area contributed by atoms with Crippen molar-refractivity contribution in [3.05, 3.63) is 65.5 Å². The van der Waals surface area contributed by atoms with Gasteiger partial charge in [-0.15, -0.1) is 0 Å². The lowest BCUT2D eigenvalue weighted by atomic mass is 10.0. The average Bonchev–Trinajstić information content (AvgIpc) is 3.48. The fourth-order valence-corrected chi connectivity index (χ4v) is 4.48. The highest BCUT2D eigenvalue weighted by Crippen LogP contribution is 2.29. The Hall–Kier alpha value is -3.26. The Balaban J connectivity index is 1.31. The molecule has 168 valence electrons. The first-order valence-electron chi connectivity index (χ1n) is 11.3. The number of nitrogens with zero attached hydrogens (tertiary/aromatic N) is 4. The smallest absolute Gasteiger partial charge is 0.246 e. The zero-order valence-electron chi connectivity index (χ0n) is 18.5. The van der Waals surface area contributed by atoms with Crippen LogP contribution >= 0.6 is 11.6 Å². The standard InChI is InChI=1S/C24H25BClN5O2/c25-19-15-27-31-22(14-21(29-24(19)31)18-5-1-2-6-20(18)26)28-16-9-11-30(12-10-16)23(32)8-7-17-4-3-13-33-17/h1-2,4-8,14-16,28H,3,9-13,25H2/b8-7+. The number of hydrogen-bond donors (Lipinski definition) is 1. The fourth-order valence-electron chi connectivity index (χ4n) is 4.25. The summed E-state index contributed by atoms with van der Waals surface area (Å²) < 4.78 is 7.27. The lowest BCUT2D eigenvalue weighted by molar-refractivity contribution is -0.126. The molecule has 4 heterocycles. The van der Waals surface area contributed by atoms with Gasteiger partial charge in [-0.05, 0) is 36.5 Å². The van der Waals surface area contributed by atoms with E-state index in [-0.39, 0.29) is 11.9 Å². The molecule has 0 unspecified atom stereocenters. The number of aromatic nitrogens is 3. The molecule has 0 spiro atoms. The van der Waals surface area contributed by atoms with Crippen molar-refractivity contribution in [1.29, 1.82) is 0 Å². The number of rotatable bonds is 5. The maximum absolute atomic E-state index is 12.5. The second-order valence-corrected chi connectivity index (χ2v) is 8.80. The maximum Gasteiger partial charge on any atom is 0.246 e. The summed E-state index contributed by atoms with van der Waals surface area (Å²) in [5, 5.41) is 8.81. The highest BCUT2D eigenvalue weighted by Gasteiger charge is 2.23. The van der Waals surface area contributed by atoms with E-state index in [1.807, 2.05) is 59.9 Å². The number of anilines is 1. The van der Waals surface area contributed by atoms with Gasteiger partial charge in [-0.2, -0.15) is 9.61 Å². The van der Waals surface area contributed by atoms with E-state index in [1.165, 1.54) is 0 Å². The first kappa shape index (κ1) is 21.6. The van der Waals surface area contributed by atoms with E-state index in [4.69, 9.17) is 21.3 Å². The molecule has 1 fully saturated rings. The summed E-state index contributed by atoms with van der Waals surface area (Å²) in [5.41, 5.74) is 3.50. The molecule has 7 nitrogen and oxygen atoms in total. The van der Waals surface area contributed by atoms with Crippen molar-refractivity contribution < 1.29 is 9.53 Å². The number of fused-ring (bicyclic) bond motifs is 1. The van der Waals surface area contributed by atoms with E-state index in [9.17, 15) is 4.79 Å². The second kappa shape index (κ2) is 9.31. The van der Waals surface area contributed by atoms with Gasteiger partial charge in [0.05, 0.1) is 12.3 Å². The highest BCUT2D eigenvalue weighted by molar-refractivity contribution is 6.36. The van der Waals surface area contributed by atoms with Crippen LogP contribution in [0.4, 0.5) is 5.82 Å². The van der Waals surface area contributed by atoms with E-state index < -0.39 is 0 Å². The number of benzene rings is 1. The summed E-state index contributed by atoms with van der Waals surface area (Å²) in [7, 11) is 2.00. The molecule has 0 aliphatic carbocycles. The van der Waals surface area contributed by atoms with Gasteiger partial charge in [0.15, 0.2) is 5.65 Å². The Bertz CT molecular complexity index is 1250. The van der Waals surface area contributed by atoms with E-state index in [2.05, 4.69) is 10.4 Å². The molecule has 3 aromatic rings. The number of hydrogen-bond acceptors (Lipinski definition) is 5. The van der Waals surface area contributed by atoms with Gasteiger partial charge in [-0.1, -0.05) is 29.8 Å². The molecule has 2 aromatic heterocycles. The van der Waals surface area contributed by atoms with Crippen molar-refractivity contribution in [3.8, 4) is 11.3 Å². The van der Waals surface area contributed by atoms with Gasteiger partial charge in [0.2, 0.25) is 5.91 Å². The van der Waals surface area contributed by atoms with Crippen LogP contribution in [0.1, 0.15) is 19.3 Å². The molecule has 1 saturated heterocycles. The van der Waals surface area contributed by atoms with Crippen molar-refractivity contribution in [2.24, 2.45) is 0 Å². The summed E-state index contributed by atoms with van der Waals surface area (Å²) in [6, 6.07) is 9.94. The number of allylic oxidation sites excluding steroid dienone is 1. The Morgan fingerprint density at radius 1 is 1.27 bits per heavy atom. The zero-order valence-corrected chi connectivity index (χ0v) is 19.3. The van der Waals surface area contributed by atoms with E-state index in [0.717, 1.165) is 53.2 Å². The molecule has 0 radical (unpaired) electrons. The average molecular weight is 462 g/mol. The summed E-state index contributed by atoms with van der Waals surface area (Å²) in [6.45, 7) is 2.09. The van der Waals surface area contributed by atoms with Gasteiger partial charge >= 0.3 is 0 Å². The molecule has 2 aliphatic heterocycles. The van der Waals surface area contributed by atoms with Crippen LogP contribution in [-0.2, 0) is 9.53 Å². The number of amides is 1. The number of carbonyl (C=O) groups is 1. The molecule has 2 aliphatic rings. The van der Waals surface area contributed by atoms with Crippen LogP contribution in [0.3, 0.4) is 0 Å². The predicted molar refractivity (Wildman–Crippen MR) is 133 cm³/mol. The van der Waals surface area contributed by atoms with Gasteiger partial charge in [-0.3, -0.25) is 4.79 Å². The topological polar surface area (TPSA) is 71.8 Å². The minimum absolute atomic E-state index is 0.0276. The summed E-state index contributed by atoms with van der Waals surface area (Å²) in [4.78, 5) is 19.2. The van der Waals surface area contributed by atoms with Gasteiger partial charge in [-0.25, -0.2) is 4.98 Å². The number of halogens is 1. The Morgan fingerprint density at radius 3 is 2.85 bits per heavy atom. The third-order valence-electron chi connectivity index (χ3n) is 6.08. The monoisotopic (exact) mass is 461 g/mol. The largest absolute Gasteiger partial charge is 0.494 e. The quantitative estimate of drug-likeness (QED) is 0.467.